The summed E-state index contributed by atoms with van der Waals surface area (Å²) in [5, 5.41) is 0.705. The fourth-order valence-corrected chi connectivity index (χ4v) is 3.64. The highest BCUT2D eigenvalue weighted by Gasteiger charge is 2.31. The summed E-state index contributed by atoms with van der Waals surface area (Å²) in [6, 6.07) is 11.1. The van der Waals surface area contributed by atoms with Crippen molar-refractivity contribution in [3.8, 4) is 5.75 Å². The predicted molar refractivity (Wildman–Crippen MR) is 109 cm³/mol. The van der Waals surface area contributed by atoms with Crippen LogP contribution in [0.5, 0.6) is 5.75 Å². The molecule has 1 aromatic carbocycles. The quantitative estimate of drug-likeness (QED) is 0.599. The fourth-order valence-electron chi connectivity index (χ4n) is 3.51. The molecule has 0 spiro atoms. The van der Waals surface area contributed by atoms with Crippen molar-refractivity contribution in [1.82, 2.24) is 14.9 Å². The number of hydrogen-bond donors (Lipinski definition) is 0. The molecule has 4 rings (SSSR count). The molecule has 0 N–H and O–H groups in total. The van der Waals surface area contributed by atoms with Crippen molar-refractivity contribution in [2.75, 3.05) is 13.2 Å². The molecular formula is C22H22ClN3O3. The van der Waals surface area contributed by atoms with Gasteiger partial charge in [0, 0.05) is 24.2 Å². The van der Waals surface area contributed by atoms with Crippen LogP contribution in [-0.4, -0.2) is 33.9 Å². The maximum Gasteiger partial charge on any atom is 0.261 e. The predicted octanol–water partition coefficient (Wildman–Crippen LogP) is 4.45. The van der Waals surface area contributed by atoms with Gasteiger partial charge in [-0.1, -0.05) is 23.7 Å². The number of amides is 1. The zero-order chi connectivity index (χ0) is 20.1. The summed E-state index contributed by atoms with van der Waals surface area (Å²) in [6.45, 7) is 0.648. The molecule has 0 aliphatic carbocycles. The Hall–Kier alpha value is -2.86. The number of benzene rings is 1. The van der Waals surface area contributed by atoms with Gasteiger partial charge in [-0.05, 0) is 49.1 Å². The Labute approximate surface area is 174 Å². The molecule has 2 aromatic heterocycles. The molecule has 1 aliphatic rings. The summed E-state index contributed by atoms with van der Waals surface area (Å²) >= 11 is 5.94. The van der Waals surface area contributed by atoms with Gasteiger partial charge in [0.15, 0.2) is 6.61 Å². The number of oxazole rings is 1. The molecule has 7 heteroatoms. The topological polar surface area (TPSA) is 68.5 Å². The van der Waals surface area contributed by atoms with Crippen LogP contribution >= 0.6 is 11.6 Å². The monoisotopic (exact) mass is 411 g/mol. The average molecular weight is 412 g/mol. The summed E-state index contributed by atoms with van der Waals surface area (Å²) in [5.74, 6) is 1.86. The normalized spacial score (nSPS) is 16.6. The van der Waals surface area contributed by atoms with Crippen molar-refractivity contribution in [3.63, 3.8) is 0 Å². The van der Waals surface area contributed by atoms with E-state index in [4.69, 9.17) is 20.8 Å². The first-order valence-electron chi connectivity index (χ1n) is 9.70. The highest BCUT2D eigenvalue weighted by atomic mass is 35.5. The minimum atomic E-state index is -0.160. The molecule has 1 aliphatic heterocycles. The number of rotatable bonds is 6. The summed E-state index contributed by atoms with van der Waals surface area (Å²) in [5.41, 5.74) is 1.10. The van der Waals surface area contributed by atoms with Crippen LogP contribution in [0.4, 0.5) is 0 Å². The van der Waals surface area contributed by atoms with Gasteiger partial charge in [0.1, 0.15) is 17.6 Å². The van der Waals surface area contributed by atoms with E-state index in [1.54, 1.807) is 30.7 Å². The van der Waals surface area contributed by atoms with E-state index in [1.807, 2.05) is 29.2 Å². The van der Waals surface area contributed by atoms with E-state index in [0.29, 0.717) is 29.6 Å². The zero-order valence-corrected chi connectivity index (χ0v) is 16.7. The van der Waals surface area contributed by atoms with E-state index in [0.717, 1.165) is 30.6 Å². The molecule has 3 aromatic rings. The van der Waals surface area contributed by atoms with Gasteiger partial charge in [-0.2, -0.15) is 0 Å². The Bertz CT molecular complexity index is 943. The third kappa shape index (κ3) is 4.95. The lowest BCUT2D eigenvalue weighted by Crippen LogP contribution is -2.41. The highest BCUT2D eigenvalue weighted by molar-refractivity contribution is 6.30. The van der Waals surface area contributed by atoms with Gasteiger partial charge in [-0.25, -0.2) is 4.98 Å². The Morgan fingerprint density at radius 1 is 1.21 bits per heavy atom. The number of hydrogen-bond acceptors (Lipinski definition) is 5. The van der Waals surface area contributed by atoms with Gasteiger partial charge < -0.3 is 14.1 Å². The number of nitrogens with zero attached hydrogens (tertiary/aromatic N) is 3. The van der Waals surface area contributed by atoms with E-state index >= 15 is 0 Å². The number of pyridine rings is 1. The second-order valence-electron chi connectivity index (χ2n) is 7.04. The minimum Gasteiger partial charge on any atom is -0.482 e. The molecule has 0 radical (unpaired) electrons. The number of likely N-dealkylation sites (tertiary alicyclic amines) is 1. The minimum absolute atomic E-state index is 0.0272. The third-order valence-corrected chi connectivity index (χ3v) is 5.22. The van der Waals surface area contributed by atoms with Crippen LogP contribution in [0, 0.1) is 0 Å². The lowest BCUT2D eigenvalue weighted by Gasteiger charge is -2.33. The van der Waals surface area contributed by atoms with Crippen molar-refractivity contribution in [1.29, 1.82) is 0 Å². The van der Waals surface area contributed by atoms with Crippen molar-refractivity contribution < 1.29 is 13.9 Å². The van der Waals surface area contributed by atoms with E-state index in [9.17, 15) is 4.79 Å². The Morgan fingerprint density at radius 3 is 2.86 bits per heavy atom. The molecule has 29 heavy (non-hydrogen) atoms. The zero-order valence-electron chi connectivity index (χ0n) is 16.0. The van der Waals surface area contributed by atoms with Crippen LogP contribution in [0.3, 0.4) is 0 Å². The third-order valence-electron chi connectivity index (χ3n) is 4.97. The number of halogens is 1. The van der Waals surface area contributed by atoms with Crippen molar-refractivity contribution >= 4 is 17.5 Å². The smallest absolute Gasteiger partial charge is 0.261 e. The largest absolute Gasteiger partial charge is 0.482 e. The SMILES string of the molecule is O=C(COc1cccnc1)N1CCCCC1c1ncc(Cc2ccc(Cl)cc2)o1. The summed E-state index contributed by atoms with van der Waals surface area (Å²) < 4.78 is 11.6. The van der Waals surface area contributed by atoms with Crippen LogP contribution in [0.15, 0.2) is 59.4 Å². The number of carbonyl (C=O) groups excluding carboxylic acids is 1. The lowest BCUT2D eigenvalue weighted by atomic mass is 10.0. The van der Waals surface area contributed by atoms with E-state index in [-0.39, 0.29) is 18.6 Å². The average Bonchev–Trinajstić information content (AvgIpc) is 3.23. The molecular weight excluding hydrogens is 390 g/mol. The van der Waals surface area contributed by atoms with E-state index < -0.39 is 0 Å². The molecule has 6 nitrogen and oxygen atoms in total. The lowest BCUT2D eigenvalue weighted by molar-refractivity contribution is -0.137. The molecule has 1 saturated heterocycles. The first-order chi connectivity index (χ1) is 14.2. The van der Waals surface area contributed by atoms with Gasteiger partial charge in [-0.3, -0.25) is 9.78 Å². The van der Waals surface area contributed by atoms with E-state index in [2.05, 4.69) is 9.97 Å². The number of piperidine rings is 1. The van der Waals surface area contributed by atoms with Gasteiger partial charge >= 0.3 is 0 Å². The van der Waals surface area contributed by atoms with Crippen LogP contribution in [0.25, 0.3) is 0 Å². The summed E-state index contributed by atoms with van der Waals surface area (Å²) in [6.07, 6.45) is 8.47. The number of aromatic nitrogens is 2. The molecule has 1 amide bonds. The van der Waals surface area contributed by atoms with E-state index in [1.165, 1.54) is 0 Å². The van der Waals surface area contributed by atoms with Gasteiger partial charge in [0.05, 0.1) is 12.4 Å². The second kappa shape index (κ2) is 9.09. The van der Waals surface area contributed by atoms with Gasteiger partial charge in [0.25, 0.3) is 5.91 Å². The van der Waals surface area contributed by atoms with Crippen LogP contribution in [0.2, 0.25) is 5.02 Å². The Balaban J connectivity index is 1.42. The second-order valence-corrected chi connectivity index (χ2v) is 7.48. The van der Waals surface area contributed by atoms with Crippen LogP contribution in [0.1, 0.15) is 42.5 Å². The van der Waals surface area contributed by atoms with Gasteiger partial charge in [0.2, 0.25) is 5.89 Å². The first kappa shape index (κ1) is 19.5. The Kier molecular flexibility index (Phi) is 6.10. The molecule has 0 bridgehead atoms. The standard InChI is InChI=1S/C22H22ClN3O3/c23-17-8-6-16(7-9-17)12-19-14-25-22(29-19)20-5-1-2-11-26(20)21(27)15-28-18-4-3-10-24-13-18/h3-4,6-10,13-14,20H,1-2,5,11-12,15H2. The summed E-state index contributed by atoms with van der Waals surface area (Å²) in [7, 11) is 0. The maximum absolute atomic E-state index is 12.8. The van der Waals surface area contributed by atoms with Crippen LogP contribution in [-0.2, 0) is 11.2 Å². The molecule has 0 saturated carbocycles. The van der Waals surface area contributed by atoms with Gasteiger partial charge in [-0.15, -0.1) is 0 Å². The molecule has 1 atom stereocenters. The first-order valence-corrected chi connectivity index (χ1v) is 10.1. The fraction of sp³-hybridized carbons (Fsp3) is 0.318. The molecule has 150 valence electrons. The number of carbonyl (C=O) groups is 1. The summed E-state index contributed by atoms with van der Waals surface area (Å²) in [4.78, 5) is 23.1. The highest BCUT2D eigenvalue weighted by Crippen LogP contribution is 2.31. The van der Waals surface area contributed by atoms with Crippen molar-refractivity contribution in [2.24, 2.45) is 0 Å². The van der Waals surface area contributed by atoms with Crippen molar-refractivity contribution in [3.05, 3.63) is 77.2 Å². The van der Waals surface area contributed by atoms with Crippen LogP contribution < -0.4 is 4.74 Å². The number of ether oxygens (including phenoxy) is 1. The molecule has 1 unspecified atom stereocenters. The molecule has 1 fully saturated rings. The molecule has 3 heterocycles. The maximum atomic E-state index is 12.8. The van der Waals surface area contributed by atoms with Crippen molar-refractivity contribution in [2.45, 2.75) is 31.7 Å². The Morgan fingerprint density at radius 2 is 2.07 bits per heavy atom.